The van der Waals surface area contributed by atoms with Gasteiger partial charge in [-0.25, -0.2) is 0 Å². The van der Waals surface area contributed by atoms with Crippen molar-refractivity contribution in [3.8, 4) is 0 Å². The third-order valence-corrected chi connectivity index (χ3v) is 4.65. The number of hydrogen-bond donors (Lipinski definition) is 1. The zero-order chi connectivity index (χ0) is 16.4. The summed E-state index contributed by atoms with van der Waals surface area (Å²) in [5, 5.41) is 6.96. The Morgan fingerprint density at radius 3 is 2.50 bits per heavy atom. The number of hydrogen-bond acceptors (Lipinski definition) is 4. The Bertz CT molecular complexity index is 715. The van der Waals surface area contributed by atoms with Crippen molar-refractivity contribution in [2.45, 2.75) is 40.2 Å². The molecule has 1 amide bonds. The van der Waals surface area contributed by atoms with Gasteiger partial charge < -0.3 is 5.32 Å². The van der Waals surface area contributed by atoms with E-state index in [9.17, 15) is 9.59 Å². The number of aromatic nitrogens is 2. The maximum Gasteiger partial charge on any atom is 0.292 e. The van der Waals surface area contributed by atoms with Crippen molar-refractivity contribution in [2.75, 3.05) is 0 Å². The lowest BCUT2D eigenvalue weighted by Gasteiger charge is -2.12. The first-order valence-corrected chi connectivity index (χ1v) is 8.02. The summed E-state index contributed by atoms with van der Waals surface area (Å²) in [6.45, 7) is 7.49. The van der Waals surface area contributed by atoms with Gasteiger partial charge in [0.2, 0.25) is 0 Å². The number of aryl methyl sites for hydroxylation is 3. The largest absolute Gasteiger partial charge is 0.346 e. The predicted octanol–water partition coefficient (Wildman–Crippen LogP) is 2.34. The molecule has 6 heteroatoms. The summed E-state index contributed by atoms with van der Waals surface area (Å²) in [5.74, 6) is -1.09. The van der Waals surface area contributed by atoms with Gasteiger partial charge in [0.15, 0.2) is 0 Å². The standard InChI is InChI=1S/C16H21N3O2S/c1-9(8-13-7-6-10(2)22-13)17-16(21)15(20)14-11(3)18-19(5)12(14)4/h6-7,9H,8H2,1-5H3,(H,17,21)/t9-/m0/s1. The van der Waals surface area contributed by atoms with E-state index in [1.165, 1.54) is 9.75 Å². The summed E-state index contributed by atoms with van der Waals surface area (Å²) in [4.78, 5) is 26.9. The van der Waals surface area contributed by atoms with Crippen molar-refractivity contribution in [1.82, 2.24) is 15.1 Å². The molecule has 2 rings (SSSR count). The minimum atomic E-state index is -0.569. The van der Waals surface area contributed by atoms with Gasteiger partial charge in [0, 0.05) is 35.0 Å². The van der Waals surface area contributed by atoms with Crippen LogP contribution in [0.3, 0.4) is 0 Å². The van der Waals surface area contributed by atoms with E-state index in [0.29, 0.717) is 17.0 Å². The number of ketones is 1. The van der Waals surface area contributed by atoms with Crippen molar-refractivity contribution in [1.29, 1.82) is 0 Å². The molecular weight excluding hydrogens is 298 g/mol. The van der Waals surface area contributed by atoms with Crippen LogP contribution in [0.2, 0.25) is 0 Å². The van der Waals surface area contributed by atoms with Crippen LogP contribution in [0.25, 0.3) is 0 Å². The van der Waals surface area contributed by atoms with Gasteiger partial charge in [0.1, 0.15) is 0 Å². The van der Waals surface area contributed by atoms with Crippen molar-refractivity contribution >= 4 is 23.0 Å². The number of thiophene rings is 1. The minimum absolute atomic E-state index is 0.0909. The van der Waals surface area contributed by atoms with Gasteiger partial charge in [0.25, 0.3) is 11.7 Å². The molecule has 5 nitrogen and oxygen atoms in total. The monoisotopic (exact) mass is 319 g/mol. The molecule has 0 spiro atoms. The SMILES string of the molecule is Cc1ccc(C[C@H](C)NC(=O)C(=O)c2c(C)nn(C)c2C)s1. The van der Waals surface area contributed by atoms with E-state index in [1.54, 1.807) is 36.9 Å². The molecule has 2 aromatic heterocycles. The molecule has 1 N–H and O–H groups in total. The van der Waals surface area contributed by atoms with E-state index in [1.807, 2.05) is 6.92 Å². The summed E-state index contributed by atoms with van der Waals surface area (Å²) >= 11 is 1.71. The lowest BCUT2D eigenvalue weighted by atomic mass is 10.1. The Morgan fingerprint density at radius 2 is 2.00 bits per heavy atom. The van der Waals surface area contributed by atoms with Crippen LogP contribution in [0.1, 0.15) is 38.4 Å². The van der Waals surface area contributed by atoms with Crippen LogP contribution in [0.15, 0.2) is 12.1 Å². The summed E-state index contributed by atoms with van der Waals surface area (Å²) in [5.41, 5.74) is 1.69. The van der Waals surface area contributed by atoms with Gasteiger partial charge in [-0.2, -0.15) is 5.10 Å². The molecule has 0 aliphatic rings. The third-order valence-electron chi connectivity index (χ3n) is 3.62. The second-order valence-corrected chi connectivity index (χ2v) is 6.96. The normalized spacial score (nSPS) is 12.2. The van der Waals surface area contributed by atoms with Crippen molar-refractivity contribution < 1.29 is 9.59 Å². The fourth-order valence-electron chi connectivity index (χ4n) is 2.45. The second-order valence-electron chi connectivity index (χ2n) is 5.59. The molecule has 0 unspecified atom stereocenters. The van der Waals surface area contributed by atoms with Crippen LogP contribution in [0, 0.1) is 20.8 Å². The summed E-state index contributed by atoms with van der Waals surface area (Å²) in [6, 6.07) is 4.02. The number of carbonyl (C=O) groups is 2. The fraction of sp³-hybridized carbons (Fsp3) is 0.438. The fourth-order valence-corrected chi connectivity index (χ4v) is 3.47. The van der Waals surface area contributed by atoms with Crippen LogP contribution in [0.5, 0.6) is 0 Å². The average Bonchev–Trinajstić information content (AvgIpc) is 2.93. The minimum Gasteiger partial charge on any atom is -0.346 e. The highest BCUT2D eigenvalue weighted by Gasteiger charge is 2.24. The Balaban J connectivity index is 2.03. The molecule has 0 fully saturated rings. The molecule has 22 heavy (non-hydrogen) atoms. The number of nitrogens with one attached hydrogen (secondary N) is 1. The van der Waals surface area contributed by atoms with Gasteiger partial charge in [-0.3, -0.25) is 14.3 Å². The second kappa shape index (κ2) is 6.44. The average molecular weight is 319 g/mol. The Hall–Kier alpha value is -1.95. The Kier molecular flexibility index (Phi) is 4.81. The predicted molar refractivity (Wildman–Crippen MR) is 87.4 cm³/mol. The topological polar surface area (TPSA) is 64.0 Å². The first kappa shape index (κ1) is 16.4. The zero-order valence-electron chi connectivity index (χ0n) is 13.6. The highest BCUT2D eigenvalue weighted by Crippen LogP contribution is 2.17. The molecule has 0 bridgehead atoms. The zero-order valence-corrected chi connectivity index (χ0v) is 14.4. The highest BCUT2D eigenvalue weighted by molar-refractivity contribution is 7.11. The first-order valence-electron chi connectivity index (χ1n) is 7.20. The van der Waals surface area contributed by atoms with Crippen molar-refractivity contribution in [3.63, 3.8) is 0 Å². The van der Waals surface area contributed by atoms with Crippen LogP contribution >= 0.6 is 11.3 Å². The molecule has 0 radical (unpaired) electrons. The van der Waals surface area contributed by atoms with Gasteiger partial charge in [0.05, 0.1) is 11.3 Å². The summed E-state index contributed by atoms with van der Waals surface area (Å²) < 4.78 is 1.62. The lowest BCUT2D eigenvalue weighted by molar-refractivity contribution is -0.117. The van der Waals surface area contributed by atoms with Crippen LogP contribution in [-0.4, -0.2) is 27.5 Å². The molecule has 0 aromatic carbocycles. The molecule has 0 saturated heterocycles. The molecule has 0 aliphatic carbocycles. The lowest BCUT2D eigenvalue weighted by Crippen LogP contribution is -2.39. The number of carbonyl (C=O) groups excluding carboxylic acids is 2. The van der Waals surface area contributed by atoms with E-state index < -0.39 is 11.7 Å². The highest BCUT2D eigenvalue weighted by atomic mass is 32.1. The van der Waals surface area contributed by atoms with E-state index in [4.69, 9.17) is 0 Å². The van der Waals surface area contributed by atoms with Crippen LogP contribution < -0.4 is 5.32 Å². The quantitative estimate of drug-likeness (QED) is 0.679. The van der Waals surface area contributed by atoms with Gasteiger partial charge in [-0.1, -0.05) is 0 Å². The van der Waals surface area contributed by atoms with Crippen molar-refractivity contribution in [2.24, 2.45) is 7.05 Å². The molecule has 0 aliphatic heterocycles. The van der Waals surface area contributed by atoms with E-state index >= 15 is 0 Å². The van der Waals surface area contributed by atoms with E-state index in [0.717, 1.165) is 6.42 Å². The van der Waals surface area contributed by atoms with Gasteiger partial charge in [-0.05, 0) is 39.8 Å². The van der Waals surface area contributed by atoms with Crippen LogP contribution in [0.4, 0.5) is 0 Å². The third kappa shape index (κ3) is 3.44. The van der Waals surface area contributed by atoms with E-state index in [-0.39, 0.29) is 6.04 Å². The molecule has 118 valence electrons. The molecule has 1 atom stereocenters. The Morgan fingerprint density at radius 1 is 1.32 bits per heavy atom. The summed E-state index contributed by atoms with van der Waals surface area (Å²) in [7, 11) is 1.76. The molecule has 2 heterocycles. The molecule has 2 aromatic rings. The molecule has 0 saturated carbocycles. The van der Waals surface area contributed by atoms with Crippen molar-refractivity contribution in [3.05, 3.63) is 38.8 Å². The molecular formula is C16H21N3O2S. The maximum atomic E-state index is 12.3. The smallest absolute Gasteiger partial charge is 0.292 e. The van der Waals surface area contributed by atoms with Gasteiger partial charge >= 0.3 is 0 Å². The maximum absolute atomic E-state index is 12.3. The Labute approximate surface area is 134 Å². The number of amides is 1. The summed E-state index contributed by atoms with van der Waals surface area (Å²) in [6.07, 6.45) is 0.725. The number of Topliss-reactive ketones (excluding diaryl/α,β-unsaturated/α-hetero) is 1. The number of nitrogens with zero attached hydrogens (tertiary/aromatic N) is 2. The van der Waals surface area contributed by atoms with Crippen LogP contribution in [-0.2, 0) is 18.3 Å². The number of rotatable bonds is 5. The van der Waals surface area contributed by atoms with E-state index in [2.05, 4.69) is 29.5 Å². The van der Waals surface area contributed by atoms with Gasteiger partial charge in [-0.15, -0.1) is 11.3 Å². The first-order chi connectivity index (χ1) is 10.3.